The summed E-state index contributed by atoms with van der Waals surface area (Å²) in [5.41, 5.74) is 0.983. The molecular formula is C13H14N2O2S2. The van der Waals surface area contributed by atoms with Crippen LogP contribution in [0.25, 0.3) is 0 Å². The Morgan fingerprint density at radius 2 is 2.21 bits per heavy atom. The smallest absolute Gasteiger partial charge is 0.264 e. The molecule has 0 spiro atoms. The Hall–Kier alpha value is -1.53. The van der Waals surface area contributed by atoms with Gasteiger partial charge >= 0.3 is 0 Å². The first kappa shape index (κ1) is 13.9. The summed E-state index contributed by atoms with van der Waals surface area (Å²) < 4.78 is 5.35. The van der Waals surface area contributed by atoms with Crippen molar-refractivity contribution in [3.05, 3.63) is 41.4 Å². The van der Waals surface area contributed by atoms with E-state index in [0.717, 1.165) is 11.4 Å². The van der Waals surface area contributed by atoms with Gasteiger partial charge in [-0.3, -0.25) is 10.1 Å². The minimum Gasteiger partial charge on any atom is -0.484 e. The van der Waals surface area contributed by atoms with Gasteiger partial charge in [0.2, 0.25) is 0 Å². The predicted octanol–water partition coefficient (Wildman–Crippen LogP) is 3.02. The van der Waals surface area contributed by atoms with Crippen molar-refractivity contribution in [2.75, 3.05) is 18.2 Å². The van der Waals surface area contributed by atoms with Gasteiger partial charge in [0.05, 0.1) is 5.69 Å². The topological polar surface area (TPSA) is 51.2 Å². The number of carbonyl (C=O) groups is 1. The van der Waals surface area contributed by atoms with Crippen molar-refractivity contribution in [2.45, 2.75) is 5.75 Å². The van der Waals surface area contributed by atoms with E-state index in [0.29, 0.717) is 10.9 Å². The van der Waals surface area contributed by atoms with Crippen LogP contribution in [0.15, 0.2) is 35.7 Å². The maximum atomic E-state index is 11.7. The van der Waals surface area contributed by atoms with Crippen molar-refractivity contribution in [2.24, 2.45) is 0 Å². The zero-order valence-corrected chi connectivity index (χ0v) is 12.1. The molecule has 2 aromatic rings. The molecule has 1 aromatic heterocycles. The summed E-state index contributed by atoms with van der Waals surface area (Å²) in [5, 5.41) is 5.29. The highest BCUT2D eigenvalue weighted by Gasteiger charge is 2.07. The molecule has 0 fully saturated rings. The van der Waals surface area contributed by atoms with Gasteiger partial charge in [0.15, 0.2) is 11.7 Å². The fourth-order valence-corrected chi connectivity index (χ4v) is 2.68. The number of carbonyl (C=O) groups excluding carboxylic acids is 1. The van der Waals surface area contributed by atoms with E-state index in [-0.39, 0.29) is 12.5 Å². The summed E-state index contributed by atoms with van der Waals surface area (Å²) in [6.45, 7) is -0.0124. The Balaban J connectivity index is 1.80. The summed E-state index contributed by atoms with van der Waals surface area (Å²) in [6.07, 6.45) is 2.02. The van der Waals surface area contributed by atoms with Gasteiger partial charge in [-0.05, 0) is 18.4 Å². The van der Waals surface area contributed by atoms with E-state index in [9.17, 15) is 4.79 Å². The van der Waals surface area contributed by atoms with Gasteiger partial charge in [-0.2, -0.15) is 11.8 Å². The van der Waals surface area contributed by atoms with Crippen LogP contribution >= 0.6 is 23.1 Å². The Labute approximate surface area is 120 Å². The van der Waals surface area contributed by atoms with Crippen LogP contribution in [-0.4, -0.2) is 23.8 Å². The van der Waals surface area contributed by atoms with Crippen molar-refractivity contribution in [3.8, 4) is 5.75 Å². The van der Waals surface area contributed by atoms with E-state index in [1.165, 1.54) is 11.3 Å². The molecule has 2 rings (SSSR count). The molecule has 0 atom stereocenters. The Kier molecular flexibility index (Phi) is 5.23. The number of ether oxygens (including phenoxy) is 1. The molecule has 1 N–H and O–H groups in total. The van der Waals surface area contributed by atoms with Crippen LogP contribution in [0.5, 0.6) is 5.75 Å². The fraction of sp³-hybridized carbons (Fsp3) is 0.231. The van der Waals surface area contributed by atoms with Crippen molar-refractivity contribution in [3.63, 3.8) is 0 Å². The van der Waals surface area contributed by atoms with Crippen molar-refractivity contribution in [1.82, 2.24) is 4.98 Å². The molecule has 19 heavy (non-hydrogen) atoms. The van der Waals surface area contributed by atoms with Crippen LogP contribution in [0, 0.1) is 0 Å². The molecule has 100 valence electrons. The molecule has 0 aliphatic heterocycles. The number of para-hydroxylation sites is 1. The van der Waals surface area contributed by atoms with E-state index in [1.54, 1.807) is 11.8 Å². The van der Waals surface area contributed by atoms with Gasteiger partial charge in [-0.1, -0.05) is 18.2 Å². The molecule has 0 unspecified atom stereocenters. The number of amides is 1. The van der Waals surface area contributed by atoms with Crippen LogP contribution in [0.3, 0.4) is 0 Å². The lowest BCUT2D eigenvalue weighted by Crippen LogP contribution is -2.20. The molecule has 1 heterocycles. The second-order valence-electron chi connectivity index (χ2n) is 3.73. The summed E-state index contributed by atoms with van der Waals surface area (Å²) >= 11 is 3.13. The molecular weight excluding hydrogens is 280 g/mol. The lowest BCUT2D eigenvalue weighted by molar-refractivity contribution is -0.118. The Bertz CT molecular complexity index is 528. The number of nitrogens with zero attached hydrogens (tertiary/aromatic N) is 1. The lowest BCUT2D eigenvalue weighted by atomic mass is 10.3. The SMILES string of the molecule is CSCc1csc(NC(=O)COc2ccccc2)n1. The summed E-state index contributed by atoms with van der Waals surface area (Å²) in [7, 11) is 0. The highest BCUT2D eigenvalue weighted by Crippen LogP contribution is 2.18. The van der Waals surface area contributed by atoms with Crippen molar-refractivity contribution < 1.29 is 9.53 Å². The third kappa shape index (κ3) is 4.57. The Morgan fingerprint density at radius 3 is 2.95 bits per heavy atom. The van der Waals surface area contributed by atoms with Gasteiger partial charge in [0.1, 0.15) is 5.75 Å². The molecule has 0 bridgehead atoms. The highest BCUT2D eigenvalue weighted by molar-refractivity contribution is 7.97. The molecule has 1 amide bonds. The average Bonchev–Trinajstić information content (AvgIpc) is 2.85. The number of benzene rings is 1. The molecule has 0 aliphatic carbocycles. The van der Waals surface area contributed by atoms with Crippen LogP contribution < -0.4 is 10.1 Å². The summed E-state index contributed by atoms with van der Waals surface area (Å²) in [5.74, 6) is 1.33. The van der Waals surface area contributed by atoms with Crippen molar-refractivity contribution >= 4 is 34.1 Å². The van der Waals surface area contributed by atoms with Crippen molar-refractivity contribution in [1.29, 1.82) is 0 Å². The standard InChI is InChI=1S/C13H14N2O2S2/c1-18-8-10-9-19-13(14-10)15-12(16)7-17-11-5-3-2-4-6-11/h2-6,9H,7-8H2,1H3,(H,14,15,16). The monoisotopic (exact) mass is 294 g/mol. The van der Waals surface area contributed by atoms with E-state index in [2.05, 4.69) is 10.3 Å². The van der Waals surface area contributed by atoms with Crippen LogP contribution in [-0.2, 0) is 10.5 Å². The van der Waals surface area contributed by atoms with Crippen LogP contribution in [0.2, 0.25) is 0 Å². The van der Waals surface area contributed by atoms with E-state index >= 15 is 0 Å². The van der Waals surface area contributed by atoms with Crippen LogP contribution in [0.4, 0.5) is 5.13 Å². The molecule has 0 radical (unpaired) electrons. The first-order valence-corrected chi connectivity index (χ1v) is 7.96. The van der Waals surface area contributed by atoms with Gasteiger partial charge in [-0.25, -0.2) is 4.98 Å². The predicted molar refractivity (Wildman–Crippen MR) is 79.9 cm³/mol. The number of hydrogen-bond acceptors (Lipinski definition) is 5. The number of thioether (sulfide) groups is 1. The number of aromatic nitrogens is 1. The third-order valence-corrected chi connectivity index (χ3v) is 3.59. The molecule has 1 aromatic carbocycles. The van der Waals surface area contributed by atoms with Gasteiger partial charge in [0, 0.05) is 11.1 Å². The number of nitrogens with one attached hydrogen (secondary N) is 1. The molecule has 6 heteroatoms. The second-order valence-corrected chi connectivity index (χ2v) is 5.45. The maximum Gasteiger partial charge on any atom is 0.264 e. The zero-order valence-electron chi connectivity index (χ0n) is 10.5. The summed E-state index contributed by atoms with van der Waals surface area (Å²) in [4.78, 5) is 16.0. The first-order chi connectivity index (χ1) is 9.28. The van der Waals surface area contributed by atoms with Crippen LogP contribution in [0.1, 0.15) is 5.69 Å². The number of anilines is 1. The highest BCUT2D eigenvalue weighted by atomic mass is 32.2. The third-order valence-electron chi connectivity index (χ3n) is 2.20. The zero-order chi connectivity index (χ0) is 13.5. The minimum atomic E-state index is -0.200. The quantitative estimate of drug-likeness (QED) is 0.889. The average molecular weight is 294 g/mol. The van der Waals surface area contributed by atoms with E-state index < -0.39 is 0 Å². The van der Waals surface area contributed by atoms with Gasteiger partial charge in [-0.15, -0.1) is 11.3 Å². The number of thiazole rings is 1. The second kappa shape index (κ2) is 7.16. The van der Waals surface area contributed by atoms with Gasteiger partial charge in [0.25, 0.3) is 5.91 Å². The van der Waals surface area contributed by atoms with Gasteiger partial charge < -0.3 is 4.74 Å². The number of rotatable bonds is 6. The Morgan fingerprint density at radius 1 is 1.42 bits per heavy atom. The maximum absolute atomic E-state index is 11.7. The lowest BCUT2D eigenvalue weighted by Gasteiger charge is -2.05. The van der Waals surface area contributed by atoms with E-state index in [1.807, 2.05) is 42.0 Å². The minimum absolute atomic E-state index is 0.0124. The number of hydrogen-bond donors (Lipinski definition) is 1. The first-order valence-electron chi connectivity index (χ1n) is 5.69. The molecule has 0 saturated carbocycles. The molecule has 0 aliphatic rings. The van der Waals surface area contributed by atoms with E-state index in [4.69, 9.17) is 4.74 Å². The normalized spacial score (nSPS) is 10.2. The molecule has 0 saturated heterocycles. The largest absolute Gasteiger partial charge is 0.484 e. The summed E-state index contributed by atoms with van der Waals surface area (Å²) in [6, 6.07) is 9.25. The fourth-order valence-electron chi connectivity index (χ4n) is 1.40. The molecule has 4 nitrogen and oxygen atoms in total.